The fourth-order valence-corrected chi connectivity index (χ4v) is 2.53. The molecule has 0 bridgehead atoms. The molecule has 0 amide bonds. The number of carbonyl (C=O) groups is 1. The maximum Gasteiger partial charge on any atom is 0.348 e. The van der Waals surface area contributed by atoms with Crippen LogP contribution in [0.1, 0.15) is 9.67 Å². The average Bonchev–Trinajstić information content (AvgIpc) is 2.60. The van der Waals surface area contributed by atoms with E-state index in [2.05, 4.69) is 4.98 Å². The van der Waals surface area contributed by atoms with Gasteiger partial charge in [-0.2, -0.15) is 0 Å². The second-order valence-corrected chi connectivity index (χ2v) is 5.03. The number of thiazole rings is 1. The number of hydrogen-bond donors (Lipinski definition) is 1. The first-order chi connectivity index (χ1) is 7.99. The molecule has 84 valence electrons. The topological polar surface area (TPSA) is 50.2 Å². The number of hydrogen-bond acceptors (Lipinski definition) is 3. The standard InChI is InChI=1S/C10H4BCl2NO2S/c11-10-14-7(8(17-10)9(15)16)5-2-1-4(12)3-6(5)13/h1-3H,(H,15,16). The van der Waals surface area contributed by atoms with E-state index in [4.69, 9.17) is 36.2 Å². The van der Waals surface area contributed by atoms with E-state index in [1.807, 2.05) is 0 Å². The third kappa shape index (κ3) is 2.46. The van der Waals surface area contributed by atoms with Gasteiger partial charge in [-0.3, -0.25) is 4.98 Å². The third-order valence-corrected chi connectivity index (χ3v) is 3.44. The Hall–Kier alpha value is -1.04. The van der Waals surface area contributed by atoms with Crippen LogP contribution in [0, 0.1) is 0 Å². The van der Waals surface area contributed by atoms with Crippen molar-refractivity contribution in [3.63, 3.8) is 0 Å². The number of nitrogens with zero attached hydrogens (tertiary/aromatic N) is 1. The van der Waals surface area contributed by atoms with Crippen molar-refractivity contribution in [2.24, 2.45) is 0 Å². The van der Waals surface area contributed by atoms with Gasteiger partial charge in [0, 0.05) is 15.5 Å². The molecule has 0 spiro atoms. The van der Waals surface area contributed by atoms with Crippen LogP contribution in [0.2, 0.25) is 10.0 Å². The van der Waals surface area contributed by atoms with Crippen molar-refractivity contribution < 1.29 is 9.90 Å². The molecule has 2 radical (unpaired) electrons. The van der Waals surface area contributed by atoms with E-state index in [1.54, 1.807) is 12.1 Å². The quantitative estimate of drug-likeness (QED) is 0.862. The number of aromatic nitrogens is 1. The number of carboxylic acid groups (broad SMARTS) is 1. The summed E-state index contributed by atoms with van der Waals surface area (Å²) in [7, 11) is 5.51. The monoisotopic (exact) mass is 283 g/mol. The zero-order valence-corrected chi connectivity index (χ0v) is 10.6. The zero-order chi connectivity index (χ0) is 12.6. The summed E-state index contributed by atoms with van der Waals surface area (Å²) in [5.41, 5.74) is 0.767. The third-order valence-electron chi connectivity index (χ3n) is 2.02. The molecule has 2 rings (SSSR count). The van der Waals surface area contributed by atoms with Gasteiger partial charge in [-0.25, -0.2) is 4.79 Å². The van der Waals surface area contributed by atoms with E-state index in [0.29, 0.717) is 15.6 Å². The highest BCUT2D eigenvalue weighted by Crippen LogP contribution is 2.32. The molecule has 1 heterocycles. The van der Waals surface area contributed by atoms with Crippen molar-refractivity contribution in [1.82, 2.24) is 4.98 Å². The van der Waals surface area contributed by atoms with Crippen molar-refractivity contribution >= 4 is 53.3 Å². The number of rotatable bonds is 2. The molecule has 0 unspecified atom stereocenters. The summed E-state index contributed by atoms with van der Waals surface area (Å²) < 4.78 is 0. The van der Waals surface area contributed by atoms with Gasteiger partial charge in [0.1, 0.15) is 4.88 Å². The molecule has 0 fully saturated rings. The molecule has 0 saturated heterocycles. The summed E-state index contributed by atoms with van der Waals surface area (Å²) >= 11 is 12.7. The Kier molecular flexibility index (Phi) is 3.42. The second-order valence-electron chi connectivity index (χ2n) is 3.16. The zero-order valence-electron chi connectivity index (χ0n) is 8.28. The molecule has 2 aromatic rings. The van der Waals surface area contributed by atoms with Crippen LogP contribution < -0.4 is 4.91 Å². The molecular weight excluding hydrogens is 280 g/mol. The van der Waals surface area contributed by atoms with Crippen LogP contribution in [0.15, 0.2) is 18.2 Å². The van der Waals surface area contributed by atoms with Crippen LogP contribution in [0.5, 0.6) is 0 Å². The number of benzene rings is 1. The van der Waals surface area contributed by atoms with Crippen LogP contribution in [-0.4, -0.2) is 23.9 Å². The Labute approximate surface area is 112 Å². The van der Waals surface area contributed by atoms with Crippen LogP contribution in [0.3, 0.4) is 0 Å². The lowest BCUT2D eigenvalue weighted by molar-refractivity contribution is 0.0702. The smallest absolute Gasteiger partial charge is 0.348 e. The van der Waals surface area contributed by atoms with Gasteiger partial charge >= 0.3 is 5.97 Å². The first-order valence-corrected chi connectivity index (χ1v) is 6.01. The fraction of sp³-hybridized carbons (Fsp3) is 0. The van der Waals surface area contributed by atoms with E-state index < -0.39 is 5.97 Å². The van der Waals surface area contributed by atoms with E-state index in [9.17, 15) is 4.79 Å². The van der Waals surface area contributed by atoms with Gasteiger partial charge in [0.25, 0.3) is 0 Å². The highest BCUT2D eigenvalue weighted by Gasteiger charge is 2.18. The van der Waals surface area contributed by atoms with Crippen LogP contribution in [-0.2, 0) is 0 Å². The van der Waals surface area contributed by atoms with Gasteiger partial charge in [0.15, 0.2) is 7.85 Å². The number of halogens is 2. The van der Waals surface area contributed by atoms with Crippen molar-refractivity contribution in [3.8, 4) is 11.3 Å². The molecule has 3 nitrogen and oxygen atoms in total. The Morgan fingerprint density at radius 3 is 2.71 bits per heavy atom. The maximum absolute atomic E-state index is 11.0. The summed E-state index contributed by atoms with van der Waals surface area (Å²) in [6.07, 6.45) is 0. The molecule has 0 saturated carbocycles. The predicted octanol–water partition coefficient (Wildman–Crippen LogP) is 2.61. The SMILES string of the molecule is [B]c1nc(-c2ccc(Cl)cc2Cl)c(C(=O)O)s1. The minimum absolute atomic E-state index is 0.0618. The van der Waals surface area contributed by atoms with Crippen LogP contribution in [0.4, 0.5) is 0 Å². The molecular formula is C10H4BCl2NO2S. The van der Waals surface area contributed by atoms with Crippen molar-refractivity contribution in [2.75, 3.05) is 0 Å². The van der Waals surface area contributed by atoms with Crippen molar-refractivity contribution in [3.05, 3.63) is 33.1 Å². The minimum atomic E-state index is -1.08. The number of aromatic carboxylic acids is 1. The number of carboxylic acids is 1. The molecule has 0 atom stereocenters. The lowest BCUT2D eigenvalue weighted by Gasteiger charge is -2.02. The van der Waals surface area contributed by atoms with Gasteiger partial charge in [-0.15, -0.1) is 11.3 Å². The van der Waals surface area contributed by atoms with Gasteiger partial charge < -0.3 is 5.11 Å². The Bertz CT molecular complexity index is 600. The summed E-state index contributed by atoms with van der Waals surface area (Å²) in [5.74, 6) is -1.08. The normalized spacial score (nSPS) is 10.5. The summed E-state index contributed by atoms with van der Waals surface area (Å²) in [6, 6.07) is 4.76. The van der Waals surface area contributed by atoms with Gasteiger partial charge in [0.2, 0.25) is 0 Å². The lowest BCUT2D eigenvalue weighted by Crippen LogP contribution is -1.98. The molecule has 0 aliphatic carbocycles. The van der Waals surface area contributed by atoms with Gasteiger partial charge in [-0.05, 0) is 18.2 Å². The highest BCUT2D eigenvalue weighted by atomic mass is 35.5. The molecule has 7 heteroatoms. The lowest BCUT2D eigenvalue weighted by atomic mass is 10.1. The summed E-state index contributed by atoms with van der Waals surface area (Å²) in [5, 5.41) is 9.84. The summed E-state index contributed by atoms with van der Waals surface area (Å²) in [6.45, 7) is 0. The minimum Gasteiger partial charge on any atom is -0.477 e. The molecule has 0 aliphatic heterocycles. The molecule has 1 aromatic heterocycles. The van der Waals surface area contributed by atoms with E-state index in [1.165, 1.54) is 6.07 Å². The predicted molar refractivity (Wildman–Crippen MR) is 69.9 cm³/mol. The average molecular weight is 284 g/mol. The maximum atomic E-state index is 11.0. The molecule has 1 aromatic carbocycles. The Balaban J connectivity index is 2.63. The molecule has 1 N–H and O–H groups in total. The van der Waals surface area contributed by atoms with Crippen LogP contribution >= 0.6 is 34.5 Å². The highest BCUT2D eigenvalue weighted by molar-refractivity contribution is 7.21. The second kappa shape index (κ2) is 4.68. The van der Waals surface area contributed by atoms with Crippen molar-refractivity contribution in [1.29, 1.82) is 0 Å². The molecule has 17 heavy (non-hydrogen) atoms. The largest absolute Gasteiger partial charge is 0.477 e. The first-order valence-electron chi connectivity index (χ1n) is 4.44. The van der Waals surface area contributed by atoms with Gasteiger partial charge in [0.05, 0.1) is 10.7 Å². The molecule has 0 aliphatic rings. The van der Waals surface area contributed by atoms with E-state index in [-0.39, 0.29) is 15.5 Å². The fourth-order valence-electron chi connectivity index (χ4n) is 1.35. The van der Waals surface area contributed by atoms with E-state index >= 15 is 0 Å². The van der Waals surface area contributed by atoms with Crippen LogP contribution in [0.25, 0.3) is 11.3 Å². The Morgan fingerprint density at radius 2 is 2.12 bits per heavy atom. The van der Waals surface area contributed by atoms with E-state index in [0.717, 1.165) is 11.3 Å². The summed E-state index contributed by atoms with van der Waals surface area (Å²) in [4.78, 5) is 15.3. The van der Waals surface area contributed by atoms with Gasteiger partial charge in [-0.1, -0.05) is 23.2 Å². The Morgan fingerprint density at radius 1 is 1.41 bits per heavy atom. The van der Waals surface area contributed by atoms with Crippen molar-refractivity contribution in [2.45, 2.75) is 0 Å². The first kappa shape index (κ1) is 12.4.